The van der Waals surface area contributed by atoms with Crippen molar-refractivity contribution in [3.63, 3.8) is 0 Å². The number of nitrogens with two attached hydrogens (primary N) is 1. The minimum atomic E-state index is -0.496. The molecular weight excluding hydrogens is 266 g/mol. The van der Waals surface area contributed by atoms with Gasteiger partial charge < -0.3 is 16.0 Å². The van der Waals surface area contributed by atoms with Gasteiger partial charge >= 0.3 is 0 Å². The second-order valence-corrected chi connectivity index (χ2v) is 4.64. The Morgan fingerprint density at radius 1 is 1.00 bits per heavy atom. The molecule has 1 heterocycles. The summed E-state index contributed by atoms with van der Waals surface area (Å²) in [6.07, 6.45) is 1.68. The quantitative estimate of drug-likeness (QED) is 0.687. The number of anilines is 1. The largest absolute Gasteiger partial charge is 0.366 e. The number of aromatic amines is 1. The Balaban J connectivity index is 1.84. The maximum Gasteiger partial charge on any atom is 0.257 e. The number of carbonyl (C=O) groups excluding carboxylic acids is 2. The third-order valence-electron chi connectivity index (χ3n) is 3.26. The number of aromatic nitrogens is 1. The zero-order valence-electron chi connectivity index (χ0n) is 11.1. The fraction of sp³-hybridized carbons (Fsp3) is 0. The lowest BCUT2D eigenvalue weighted by Gasteiger charge is -2.05. The highest BCUT2D eigenvalue weighted by Gasteiger charge is 2.11. The van der Waals surface area contributed by atoms with E-state index in [1.807, 2.05) is 24.3 Å². The summed E-state index contributed by atoms with van der Waals surface area (Å²) in [5.74, 6) is -0.705. The zero-order chi connectivity index (χ0) is 14.8. The van der Waals surface area contributed by atoms with Crippen molar-refractivity contribution in [2.24, 2.45) is 5.73 Å². The van der Waals surface area contributed by atoms with E-state index >= 15 is 0 Å². The molecule has 5 nitrogen and oxygen atoms in total. The summed E-state index contributed by atoms with van der Waals surface area (Å²) in [6.45, 7) is 0. The molecule has 0 aliphatic carbocycles. The summed E-state index contributed by atoms with van der Waals surface area (Å²) in [4.78, 5) is 26.3. The Morgan fingerprint density at radius 3 is 2.43 bits per heavy atom. The van der Waals surface area contributed by atoms with Crippen LogP contribution in [0.25, 0.3) is 10.9 Å². The smallest absolute Gasteiger partial charge is 0.257 e. The molecule has 0 fully saturated rings. The summed E-state index contributed by atoms with van der Waals surface area (Å²) >= 11 is 0. The van der Waals surface area contributed by atoms with Crippen LogP contribution in [-0.4, -0.2) is 16.8 Å². The molecule has 3 aromatic rings. The minimum absolute atomic E-state index is 0.209. The first-order chi connectivity index (χ1) is 10.1. The Morgan fingerprint density at radius 2 is 1.71 bits per heavy atom. The van der Waals surface area contributed by atoms with Crippen molar-refractivity contribution >= 4 is 28.4 Å². The second-order valence-electron chi connectivity index (χ2n) is 4.64. The number of hydrogen-bond donors (Lipinski definition) is 3. The number of H-pyrrole nitrogens is 1. The number of nitrogens with one attached hydrogen (secondary N) is 2. The average Bonchev–Trinajstić information content (AvgIpc) is 2.92. The standard InChI is InChI=1S/C16H13N3O2/c17-15(20)10-5-7-11(8-6-10)19-16(21)13-9-18-14-4-2-1-3-12(13)14/h1-9,18H,(H2,17,20)(H,19,21). The van der Waals surface area contributed by atoms with Gasteiger partial charge in [0, 0.05) is 28.4 Å². The molecule has 0 atom stereocenters. The molecule has 0 radical (unpaired) electrons. The number of para-hydroxylation sites is 1. The Kier molecular flexibility index (Phi) is 3.16. The Labute approximate surface area is 120 Å². The first-order valence-corrected chi connectivity index (χ1v) is 6.42. The van der Waals surface area contributed by atoms with Crippen LogP contribution in [0.5, 0.6) is 0 Å². The average molecular weight is 279 g/mol. The SMILES string of the molecule is NC(=O)c1ccc(NC(=O)c2c[nH]c3ccccc23)cc1. The number of primary amides is 1. The summed E-state index contributed by atoms with van der Waals surface area (Å²) in [6, 6.07) is 14.0. The van der Waals surface area contributed by atoms with Gasteiger partial charge in [0.15, 0.2) is 0 Å². The van der Waals surface area contributed by atoms with Gasteiger partial charge in [-0.3, -0.25) is 9.59 Å². The number of carbonyl (C=O) groups is 2. The van der Waals surface area contributed by atoms with Crippen LogP contribution < -0.4 is 11.1 Å². The molecule has 0 saturated heterocycles. The van der Waals surface area contributed by atoms with E-state index in [1.54, 1.807) is 30.5 Å². The van der Waals surface area contributed by atoms with Gasteiger partial charge in [-0.1, -0.05) is 18.2 Å². The summed E-state index contributed by atoms with van der Waals surface area (Å²) in [5, 5.41) is 3.66. The van der Waals surface area contributed by atoms with Crippen molar-refractivity contribution in [1.29, 1.82) is 0 Å². The molecule has 0 bridgehead atoms. The van der Waals surface area contributed by atoms with Crippen molar-refractivity contribution in [3.8, 4) is 0 Å². The van der Waals surface area contributed by atoms with Gasteiger partial charge in [0.25, 0.3) is 5.91 Å². The second kappa shape index (κ2) is 5.13. The molecule has 3 rings (SSSR count). The molecule has 1 aromatic heterocycles. The Hall–Kier alpha value is -3.08. The van der Waals surface area contributed by atoms with Crippen LogP contribution in [0.15, 0.2) is 54.7 Å². The van der Waals surface area contributed by atoms with E-state index in [0.29, 0.717) is 16.8 Å². The predicted octanol–water partition coefficient (Wildman–Crippen LogP) is 2.52. The maximum atomic E-state index is 12.3. The monoisotopic (exact) mass is 279 g/mol. The maximum absolute atomic E-state index is 12.3. The van der Waals surface area contributed by atoms with Crippen molar-refractivity contribution < 1.29 is 9.59 Å². The molecule has 2 amide bonds. The molecule has 104 valence electrons. The molecule has 5 heteroatoms. The normalized spacial score (nSPS) is 10.5. The lowest BCUT2D eigenvalue weighted by molar-refractivity contribution is 0.0998. The number of benzene rings is 2. The Bertz CT molecular complexity index is 819. The van der Waals surface area contributed by atoms with Crippen LogP contribution in [-0.2, 0) is 0 Å². The fourth-order valence-electron chi connectivity index (χ4n) is 2.18. The molecule has 0 aliphatic heterocycles. The van der Waals surface area contributed by atoms with Gasteiger partial charge in [-0.15, -0.1) is 0 Å². The highest BCUT2D eigenvalue weighted by molar-refractivity contribution is 6.12. The van der Waals surface area contributed by atoms with Crippen LogP contribution in [0.3, 0.4) is 0 Å². The third kappa shape index (κ3) is 2.49. The molecule has 21 heavy (non-hydrogen) atoms. The summed E-state index contributed by atoms with van der Waals surface area (Å²) < 4.78 is 0. The van der Waals surface area contributed by atoms with E-state index in [4.69, 9.17) is 5.73 Å². The third-order valence-corrected chi connectivity index (χ3v) is 3.26. The first-order valence-electron chi connectivity index (χ1n) is 6.42. The van der Waals surface area contributed by atoms with Gasteiger partial charge in [-0.25, -0.2) is 0 Å². The number of hydrogen-bond acceptors (Lipinski definition) is 2. The van der Waals surface area contributed by atoms with Crippen molar-refractivity contribution in [1.82, 2.24) is 4.98 Å². The summed E-state index contributed by atoms with van der Waals surface area (Å²) in [7, 11) is 0. The van der Waals surface area contributed by atoms with Crippen LogP contribution in [0, 0.1) is 0 Å². The topological polar surface area (TPSA) is 88.0 Å². The van der Waals surface area contributed by atoms with E-state index < -0.39 is 5.91 Å². The first kappa shape index (κ1) is 12.9. The predicted molar refractivity (Wildman–Crippen MR) is 81.2 cm³/mol. The molecule has 2 aromatic carbocycles. The minimum Gasteiger partial charge on any atom is -0.366 e. The van der Waals surface area contributed by atoms with Crippen molar-refractivity contribution in [2.45, 2.75) is 0 Å². The molecular formula is C16H13N3O2. The van der Waals surface area contributed by atoms with Crippen molar-refractivity contribution in [3.05, 3.63) is 65.9 Å². The van der Waals surface area contributed by atoms with Gasteiger partial charge in [0.1, 0.15) is 0 Å². The number of rotatable bonds is 3. The highest BCUT2D eigenvalue weighted by atomic mass is 16.2. The van der Waals surface area contributed by atoms with E-state index in [-0.39, 0.29) is 5.91 Å². The number of fused-ring (bicyclic) bond motifs is 1. The fourth-order valence-corrected chi connectivity index (χ4v) is 2.18. The molecule has 4 N–H and O–H groups in total. The van der Waals surface area contributed by atoms with E-state index in [2.05, 4.69) is 10.3 Å². The molecule has 0 unspecified atom stereocenters. The van der Waals surface area contributed by atoms with Gasteiger partial charge in [0.05, 0.1) is 5.56 Å². The summed E-state index contributed by atoms with van der Waals surface area (Å²) in [5.41, 5.74) is 7.67. The lowest BCUT2D eigenvalue weighted by atomic mass is 10.1. The van der Waals surface area contributed by atoms with Crippen LogP contribution >= 0.6 is 0 Å². The zero-order valence-corrected chi connectivity index (χ0v) is 11.1. The van der Waals surface area contributed by atoms with Gasteiger partial charge in [-0.2, -0.15) is 0 Å². The number of amides is 2. The molecule has 0 aliphatic rings. The van der Waals surface area contributed by atoms with Crippen LogP contribution in [0.2, 0.25) is 0 Å². The molecule has 0 saturated carbocycles. The van der Waals surface area contributed by atoms with Gasteiger partial charge in [0.2, 0.25) is 5.91 Å². The lowest BCUT2D eigenvalue weighted by Crippen LogP contribution is -2.13. The van der Waals surface area contributed by atoms with Gasteiger partial charge in [-0.05, 0) is 30.3 Å². The van der Waals surface area contributed by atoms with Crippen molar-refractivity contribution in [2.75, 3.05) is 5.32 Å². The van der Waals surface area contributed by atoms with E-state index in [1.165, 1.54) is 0 Å². The van der Waals surface area contributed by atoms with E-state index in [9.17, 15) is 9.59 Å². The van der Waals surface area contributed by atoms with E-state index in [0.717, 1.165) is 10.9 Å². The molecule has 0 spiro atoms. The van der Waals surface area contributed by atoms with Crippen LogP contribution in [0.1, 0.15) is 20.7 Å². The highest BCUT2D eigenvalue weighted by Crippen LogP contribution is 2.19. The van der Waals surface area contributed by atoms with Crippen LogP contribution in [0.4, 0.5) is 5.69 Å².